The van der Waals surface area contributed by atoms with Gasteiger partial charge in [0.1, 0.15) is 0 Å². The normalized spacial score (nSPS) is 27.0. The second-order valence-electron chi connectivity index (χ2n) is 4.11. The Morgan fingerprint density at radius 1 is 1.50 bits per heavy atom. The molecule has 1 N–H and O–H groups in total. The molecular weight excluding hydrogens is 172 g/mol. The number of hydrogen-bond donors (Lipinski definition) is 1. The summed E-state index contributed by atoms with van der Waals surface area (Å²) in [6.07, 6.45) is 2.60. The molecule has 0 spiro atoms. The Balaban J connectivity index is 2.29. The molecule has 0 aromatic heterocycles. The molecule has 0 amide bonds. The van der Waals surface area contributed by atoms with Crippen molar-refractivity contribution >= 4 is 0 Å². The third-order valence-corrected chi connectivity index (χ3v) is 3.28. The molecular formula is C13H16O. The molecule has 0 saturated heterocycles. The van der Waals surface area contributed by atoms with E-state index in [4.69, 9.17) is 0 Å². The Kier molecular flexibility index (Phi) is 2.42. The molecule has 1 aliphatic rings. The van der Waals surface area contributed by atoms with Crippen LogP contribution in [0.15, 0.2) is 36.9 Å². The average Bonchev–Trinajstić information content (AvgIpc) is 2.56. The molecule has 1 aliphatic carbocycles. The highest BCUT2D eigenvalue weighted by Crippen LogP contribution is 2.40. The van der Waals surface area contributed by atoms with Gasteiger partial charge in [-0.3, -0.25) is 0 Å². The maximum absolute atomic E-state index is 10.1. The van der Waals surface area contributed by atoms with E-state index >= 15 is 0 Å². The molecule has 0 radical (unpaired) electrons. The Bertz CT molecular complexity index is 343. The molecule has 1 aromatic carbocycles. The SMILES string of the molecule is C=CC(C)C1Cc2ccccc2C1O. The van der Waals surface area contributed by atoms with E-state index in [-0.39, 0.29) is 6.10 Å². The minimum absolute atomic E-state index is 0.306. The van der Waals surface area contributed by atoms with Crippen LogP contribution >= 0.6 is 0 Å². The first-order valence-corrected chi connectivity index (χ1v) is 5.12. The molecule has 0 fully saturated rings. The third kappa shape index (κ3) is 1.38. The first kappa shape index (κ1) is 9.47. The van der Waals surface area contributed by atoms with Crippen molar-refractivity contribution in [3.63, 3.8) is 0 Å². The van der Waals surface area contributed by atoms with Crippen LogP contribution in [0, 0.1) is 11.8 Å². The van der Waals surface area contributed by atoms with E-state index in [9.17, 15) is 5.11 Å². The topological polar surface area (TPSA) is 20.2 Å². The van der Waals surface area contributed by atoms with Gasteiger partial charge < -0.3 is 5.11 Å². The number of aliphatic hydroxyl groups is 1. The Morgan fingerprint density at radius 2 is 2.21 bits per heavy atom. The molecule has 2 rings (SSSR count). The highest BCUT2D eigenvalue weighted by molar-refractivity contribution is 5.34. The van der Waals surface area contributed by atoms with E-state index in [1.54, 1.807) is 0 Å². The van der Waals surface area contributed by atoms with E-state index in [1.807, 2.05) is 24.3 Å². The molecule has 1 nitrogen and oxygen atoms in total. The Labute approximate surface area is 85.1 Å². The van der Waals surface area contributed by atoms with Crippen molar-refractivity contribution in [3.8, 4) is 0 Å². The lowest BCUT2D eigenvalue weighted by Gasteiger charge is -2.19. The maximum Gasteiger partial charge on any atom is 0.0829 e. The summed E-state index contributed by atoms with van der Waals surface area (Å²) in [6.45, 7) is 5.91. The Morgan fingerprint density at radius 3 is 2.86 bits per heavy atom. The zero-order valence-corrected chi connectivity index (χ0v) is 8.48. The predicted octanol–water partition coefficient (Wildman–Crippen LogP) is 2.71. The highest BCUT2D eigenvalue weighted by Gasteiger charge is 2.32. The van der Waals surface area contributed by atoms with Crippen LogP contribution in [0.3, 0.4) is 0 Å². The number of benzene rings is 1. The van der Waals surface area contributed by atoms with E-state index in [2.05, 4.69) is 19.6 Å². The van der Waals surface area contributed by atoms with Gasteiger partial charge in [-0.05, 0) is 29.4 Å². The van der Waals surface area contributed by atoms with Crippen molar-refractivity contribution in [2.45, 2.75) is 19.4 Å². The van der Waals surface area contributed by atoms with E-state index in [1.165, 1.54) is 5.56 Å². The van der Waals surface area contributed by atoms with Gasteiger partial charge in [0.2, 0.25) is 0 Å². The fraction of sp³-hybridized carbons (Fsp3) is 0.385. The zero-order valence-electron chi connectivity index (χ0n) is 8.48. The third-order valence-electron chi connectivity index (χ3n) is 3.28. The fourth-order valence-corrected chi connectivity index (χ4v) is 2.25. The van der Waals surface area contributed by atoms with Gasteiger partial charge in [-0.2, -0.15) is 0 Å². The zero-order chi connectivity index (χ0) is 10.1. The van der Waals surface area contributed by atoms with Gasteiger partial charge in [-0.15, -0.1) is 6.58 Å². The van der Waals surface area contributed by atoms with Gasteiger partial charge in [0.05, 0.1) is 6.10 Å². The van der Waals surface area contributed by atoms with Crippen LogP contribution in [-0.2, 0) is 6.42 Å². The quantitative estimate of drug-likeness (QED) is 0.707. The molecule has 1 aromatic rings. The molecule has 3 atom stereocenters. The summed E-state index contributed by atoms with van der Waals surface area (Å²) in [4.78, 5) is 0. The number of hydrogen-bond acceptors (Lipinski definition) is 1. The van der Waals surface area contributed by atoms with Crippen LogP contribution in [0.2, 0.25) is 0 Å². The van der Waals surface area contributed by atoms with Gasteiger partial charge in [-0.25, -0.2) is 0 Å². The molecule has 74 valence electrons. The van der Waals surface area contributed by atoms with Crippen LogP contribution < -0.4 is 0 Å². The van der Waals surface area contributed by atoms with Crippen molar-refractivity contribution in [3.05, 3.63) is 48.0 Å². The van der Waals surface area contributed by atoms with Crippen molar-refractivity contribution in [1.29, 1.82) is 0 Å². The largest absolute Gasteiger partial charge is 0.388 e. The summed E-state index contributed by atoms with van der Waals surface area (Å²) >= 11 is 0. The lowest BCUT2D eigenvalue weighted by molar-refractivity contribution is 0.104. The van der Waals surface area contributed by atoms with Crippen LogP contribution in [0.1, 0.15) is 24.2 Å². The molecule has 14 heavy (non-hydrogen) atoms. The van der Waals surface area contributed by atoms with Gasteiger partial charge in [0.15, 0.2) is 0 Å². The molecule has 0 saturated carbocycles. The van der Waals surface area contributed by atoms with Crippen molar-refractivity contribution in [2.75, 3.05) is 0 Å². The maximum atomic E-state index is 10.1. The van der Waals surface area contributed by atoms with Gasteiger partial charge >= 0.3 is 0 Å². The summed E-state index contributed by atoms with van der Waals surface area (Å²) in [5, 5.41) is 10.1. The summed E-state index contributed by atoms with van der Waals surface area (Å²) < 4.78 is 0. The van der Waals surface area contributed by atoms with Gasteiger partial charge in [-0.1, -0.05) is 37.3 Å². The summed E-state index contributed by atoms with van der Waals surface area (Å²) in [5.74, 6) is 0.683. The second kappa shape index (κ2) is 3.58. The number of aliphatic hydroxyl groups excluding tert-OH is 1. The highest BCUT2D eigenvalue weighted by atomic mass is 16.3. The van der Waals surface area contributed by atoms with E-state index in [0.29, 0.717) is 11.8 Å². The molecule has 0 bridgehead atoms. The van der Waals surface area contributed by atoms with Crippen LogP contribution in [0.4, 0.5) is 0 Å². The lowest BCUT2D eigenvalue weighted by atomic mass is 9.89. The minimum Gasteiger partial charge on any atom is -0.388 e. The van der Waals surface area contributed by atoms with E-state index < -0.39 is 0 Å². The first-order valence-electron chi connectivity index (χ1n) is 5.12. The lowest BCUT2D eigenvalue weighted by Crippen LogP contribution is -2.14. The summed E-state index contributed by atoms with van der Waals surface area (Å²) in [5.41, 5.74) is 2.39. The van der Waals surface area contributed by atoms with Crippen LogP contribution in [0.25, 0.3) is 0 Å². The monoisotopic (exact) mass is 188 g/mol. The average molecular weight is 188 g/mol. The summed E-state index contributed by atoms with van der Waals surface area (Å²) in [7, 11) is 0. The predicted molar refractivity (Wildman–Crippen MR) is 58.0 cm³/mol. The molecule has 3 unspecified atom stereocenters. The molecule has 0 aliphatic heterocycles. The van der Waals surface area contributed by atoms with Crippen molar-refractivity contribution in [2.24, 2.45) is 11.8 Å². The Hall–Kier alpha value is -1.08. The van der Waals surface area contributed by atoms with Crippen molar-refractivity contribution < 1.29 is 5.11 Å². The van der Waals surface area contributed by atoms with E-state index in [0.717, 1.165) is 12.0 Å². The van der Waals surface area contributed by atoms with Crippen LogP contribution in [0.5, 0.6) is 0 Å². The van der Waals surface area contributed by atoms with Crippen LogP contribution in [-0.4, -0.2) is 5.11 Å². The fourth-order valence-electron chi connectivity index (χ4n) is 2.25. The number of allylic oxidation sites excluding steroid dienone is 1. The number of fused-ring (bicyclic) bond motifs is 1. The first-order chi connectivity index (χ1) is 6.74. The smallest absolute Gasteiger partial charge is 0.0829 e. The molecule has 0 heterocycles. The number of rotatable bonds is 2. The molecule has 1 heteroatoms. The minimum atomic E-state index is -0.306. The van der Waals surface area contributed by atoms with Gasteiger partial charge in [0, 0.05) is 0 Å². The standard InChI is InChI=1S/C13H16O/c1-3-9(2)12-8-10-6-4-5-7-11(10)13(12)14/h3-7,9,12-14H,1,8H2,2H3. The van der Waals surface area contributed by atoms with Crippen molar-refractivity contribution in [1.82, 2.24) is 0 Å². The second-order valence-corrected chi connectivity index (χ2v) is 4.11. The summed E-state index contributed by atoms with van der Waals surface area (Å²) in [6, 6.07) is 8.15. The van der Waals surface area contributed by atoms with Gasteiger partial charge in [0.25, 0.3) is 0 Å².